The van der Waals surface area contributed by atoms with Gasteiger partial charge in [-0.15, -0.1) is 0 Å². The Morgan fingerprint density at radius 2 is 0.662 bits per heavy atom. The molecule has 0 N–H and O–H groups in total. The molecule has 0 saturated heterocycles. The zero-order valence-electron chi connectivity index (χ0n) is 37.6. The van der Waals surface area contributed by atoms with Gasteiger partial charge in [-0.25, -0.2) is 0 Å². The van der Waals surface area contributed by atoms with Crippen LogP contribution in [-0.4, -0.2) is 43.5 Å². The molecule has 2 nitrogen and oxygen atoms in total. The molecular weight excluding hydrogens is 1050 g/mol. The van der Waals surface area contributed by atoms with E-state index in [0.29, 0.717) is 43.5 Å². The zero-order valence-corrected chi connectivity index (χ0v) is 43.6. The number of aryl methyl sites for hydroxylation is 4. The Kier molecular flexibility index (Phi) is 9.43. The van der Waals surface area contributed by atoms with Crippen LogP contribution in [0.25, 0.3) is 133 Å². The first kappa shape index (κ1) is 40.9. The van der Waals surface area contributed by atoms with Crippen molar-refractivity contribution in [2.45, 2.75) is 27.7 Å². The summed E-state index contributed by atoms with van der Waals surface area (Å²) in [5.74, 6) is 0. The molecule has 16 aromatic rings. The molecule has 0 bridgehead atoms. The molecule has 324 valence electrons. The molecule has 0 aliphatic rings. The van der Waals surface area contributed by atoms with Gasteiger partial charge in [0.2, 0.25) is 0 Å². The molecule has 0 aliphatic carbocycles. The summed E-state index contributed by atoms with van der Waals surface area (Å²) in [5, 5.41) is 19.0. The van der Waals surface area contributed by atoms with Gasteiger partial charge in [0.1, 0.15) is 11.2 Å². The molecule has 0 spiro atoms. The molecule has 6 heteroatoms. The molecule has 6 heterocycles. The first-order valence-electron chi connectivity index (χ1n) is 22.9. The first-order chi connectivity index (χ1) is 33.3. The average molecular weight is 1090 g/mol. The maximum absolute atomic E-state index is 6.04. The van der Waals surface area contributed by atoms with Crippen LogP contribution in [0.1, 0.15) is 22.3 Å². The molecule has 0 atom stereocenters. The molecule has 0 saturated carbocycles. The predicted molar refractivity (Wildman–Crippen MR) is 299 cm³/mol. The van der Waals surface area contributed by atoms with Gasteiger partial charge >= 0.3 is 300 Å². The summed E-state index contributed by atoms with van der Waals surface area (Å²) in [6, 6.07) is 62.7. The Morgan fingerprint density at radius 1 is 0.324 bits per heavy atom. The number of thiophene rings is 1. The third-order valence-corrected chi connectivity index (χ3v) is 23.5. The molecule has 0 radical (unpaired) electrons. The molecule has 68 heavy (non-hydrogen) atoms. The molecule has 0 amide bonds. The quantitative estimate of drug-likeness (QED) is 0.142. The number of hydrogen-bond donors (Lipinski definition) is 0. The van der Waals surface area contributed by atoms with Gasteiger partial charge in [-0.1, -0.05) is 0 Å². The second kappa shape index (κ2) is 15.7. The van der Waals surface area contributed by atoms with E-state index >= 15 is 0 Å². The van der Waals surface area contributed by atoms with Gasteiger partial charge in [0, 0.05) is 0 Å². The van der Waals surface area contributed by atoms with Crippen molar-refractivity contribution < 1.29 is 8.83 Å². The summed E-state index contributed by atoms with van der Waals surface area (Å²) in [6.45, 7) is 8.44. The van der Waals surface area contributed by atoms with E-state index in [1.807, 2.05) is 11.3 Å². The van der Waals surface area contributed by atoms with Gasteiger partial charge < -0.3 is 8.83 Å². The summed E-state index contributed by atoms with van der Waals surface area (Å²) in [4.78, 5) is 0. The summed E-state index contributed by atoms with van der Waals surface area (Å²) >= 11 is 3.28. The minimum absolute atomic E-state index is 0.412. The molecule has 0 unspecified atom stereocenters. The SMILES string of the molecule is Cc1cc2oc3c4cc(C)c(C)cc4oc3c2cc1C.c1ccc2cc3c(cc2c1)[se]c1c2cc4ccccc4cc2[se]c31.c1ccc2cc3c(cc2c1)sc1c2cc4ccccc4cc2[se]c31. The van der Waals surface area contributed by atoms with Crippen molar-refractivity contribution in [3.05, 3.63) is 192 Å². The number of furan rings is 2. The van der Waals surface area contributed by atoms with Crippen LogP contribution < -0.4 is 0 Å². The van der Waals surface area contributed by atoms with E-state index in [-0.39, 0.29) is 0 Å². The van der Waals surface area contributed by atoms with E-state index in [0.717, 1.165) is 33.1 Å². The summed E-state index contributed by atoms with van der Waals surface area (Å²) in [7, 11) is 0. The van der Waals surface area contributed by atoms with Crippen molar-refractivity contribution in [1.29, 1.82) is 0 Å². The second-order valence-corrected chi connectivity index (χ2v) is 25.9. The molecule has 0 fully saturated rings. The number of benzene rings is 10. The van der Waals surface area contributed by atoms with E-state index in [1.54, 1.807) is 21.3 Å². The van der Waals surface area contributed by atoms with Crippen molar-refractivity contribution in [2.75, 3.05) is 0 Å². The minimum atomic E-state index is 0.412. The van der Waals surface area contributed by atoms with Crippen molar-refractivity contribution in [2.24, 2.45) is 0 Å². The Bertz CT molecular complexity index is 4220. The van der Waals surface area contributed by atoms with E-state index < -0.39 is 0 Å². The van der Waals surface area contributed by atoms with Crippen molar-refractivity contribution in [1.82, 2.24) is 0 Å². The van der Waals surface area contributed by atoms with Crippen LogP contribution in [0, 0.1) is 27.7 Å². The molecular formula is C62H40O2SSe3. The van der Waals surface area contributed by atoms with Gasteiger partial charge in [-0.2, -0.15) is 0 Å². The monoisotopic (exact) mass is 1090 g/mol. The summed E-state index contributed by atoms with van der Waals surface area (Å²) < 4.78 is 24.6. The van der Waals surface area contributed by atoms with Crippen LogP contribution in [0.5, 0.6) is 0 Å². The third kappa shape index (κ3) is 6.55. The fourth-order valence-corrected chi connectivity index (χ4v) is 20.8. The summed E-state index contributed by atoms with van der Waals surface area (Å²) in [5.41, 5.74) is 8.53. The van der Waals surface area contributed by atoms with Crippen LogP contribution in [0.15, 0.2) is 179 Å². The van der Waals surface area contributed by atoms with Gasteiger partial charge in [0.15, 0.2) is 11.2 Å². The Labute approximate surface area is 412 Å². The van der Waals surface area contributed by atoms with Crippen LogP contribution in [0.4, 0.5) is 0 Å². The van der Waals surface area contributed by atoms with Gasteiger partial charge in [-0.05, 0) is 74.2 Å². The average Bonchev–Trinajstić information content (AvgIpc) is 4.20. The number of hydrogen-bond acceptors (Lipinski definition) is 3. The predicted octanol–water partition coefficient (Wildman–Crippen LogP) is 17.7. The van der Waals surface area contributed by atoms with Crippen LogP contribution in [-0.2, 0) is 0 Å². The maximum atomic E-state index is 6.04. The number of rotatable bonds is 0. The fraction of sp³-hybridized carbons (Fsp3) is 0.0645. The standard InChI is InChI=1S/C22H12SSe.C22H12Se2.C18H16O2/c1-3-7-15-11-19-17(9-13(15)5-1)22-21(23-19)18-10-14-6-2-4-8-16(14)12-20(18)24-22;1-3-7-15-11-19-17(9-13(15)5-1)21-22(23-19)18-10-14-6-2-4-8-16(14)12-20(18)24-21;1-9-5-13-15(7-11(9)3)19-18-14-6-10(2)12(4)8-16(14)20-17(13)18/h2*1-12H;5-8H,1-4H3. The van der Waals surface area contributed by atoms with Gasteiger partial charge in [0.05, 0.1) is 10.8 Å². The second-order valence-electron chi connectivity index (χ2n) is 18.2. The van der Waals surface area contributed by atoms with Crippen molar-refractivity contribution in [3.8, 4) is 0 Å². The molecule has 16 rings (SSSR count). The molecule has 6 aromatic heterocycles. The van der Waals surface area contributed by atoms with E-state index in [4.69, 9.17) is 8.83 Å². The van der Waals surface area contributed by atoms with Crippen molar-refractivity contribution >= 4 is 188 Å². The van der Waals surface area contributed by atoms with Crippen molar-refractivity contribution in [3.63, 3.8) is 0 Å². The van der Waals surface area contributed by atoms with Gasteiger partial charge in [0.25, 0.3) is 0 Å². The summed E-state index contributed by atoms with van der Waals surface area (Å²) in [6.07, 6.45) is 0. The topological polar surface area (TPSA) is 26.3 Å². The zero-order chi connectivity index (χ0) is 45.4. The van der Waals surface area contributed by atoms with Gasteiger partial charge in [-0.3, -0.25) is 0 Å². The van der Waals surface area contributed by atoms with Crippen LogP contribution in [0.2, 0.25) is 0 Å². The fourth-order valence-electron chi connectivity index (χ4n) is 10.0. The molecule has 10 aromatic carbocycles. The number of fused-ring (bicyclic) bond motifs is 19. The first-order valence-corrected chi connectivity index (χ1v) is 28.9. The van der Waals surface area contributed by atoms with Crippen LogP contribution >= 0.6 is 11.3 Å². The van der Waals surface area contributed by atoms with E-state index in [9.17, 15) is 0 Å². The van der Waals surface area contributed by atoms with Crippen LogP contribution in [0.3, 0.4) is 0 Å². The third-order valence-electron chi connectivity index (χ3n) is 13.9. The Balaban J connectivity index is 0.0000000971. The van der Waals surface area contributed by atoms with E-state index in [2.05, 4.69) is 198 Å². The van der Waals surface area contributed by atoms with E-state index in [1.165, 1.54) is 101 Å². The Morgan fingerprint density at radius 3 is 1.10 bits per heavy atom. The Hall–Kier alpha value is -6.16. The normalized spacial score (nSPS) is 12.1. The molecule has 0 aliphatic heterocycles.